The molecule has 16 heavy (non-hydrogen) atoms. The molecule has 1 heterocycles. The zero-order valence-corrected chi connectivity index (χ0v) is 11.1. The van der Waals surface area contributed by atoms with Crippen LogP contribution in [-0.4, -0.2) is 18.2 Å². The van der Waals surface area contributed by atoms with Crippen LogP contribution in [0, 0.1) is 5.92 Å². The predicted molar refractivity (Wildman–Crippen MR) is 61.8 cm³/mol. The molecular formula is C11H15BrO4. The third-order valence-corrected chi connectivity index (χ3v) is 3.07. The highest BCUT2D eigenvalue weighted by Crippen LogP contribution is 2.34. The molecule has 0 amide bonds. The van der Waals surface area contributed by atoms with E-state index in [0.717, 1.165) is 0 Å². The third kappa shape index (κ3) is 2.47. The lowest BCUT2D eigenvalue weighted by Crippen LogP contribution is -2.37. The van der Waals surface area contributed by atoms with Gasteiger partial charge in [0.1, 0.15) is 11.4 Å². The zero-order valence-electron chi connectivity index (χ0n) is 9.49. The molecule has 1 aromatic rings. The first-order valence-corrected chi connectivity index (χ1v) is 5.78. The second kappa shape index (κ2) is 5.01. The van der Waals surface area contributed by atoms with Crippen molar-refractivity contribution in [2.45, 2.75) is 25.9 Å². The highest BCUT2D eigenvalue weighted by Gasteiger charge is 2.40. The SMILES string of the molecule is CCC(C(=O)OC)C(C)(O)c1ccc(Br)o1. The van der Waals surface area contributed by atoms with Crippen LogP contribution >= 0.6 is 15.9 Å². The summed E-state index contributed by atoms with van der Waals surface area (Å²) in [6.45, 7) is 3.36. The average molecular weight is 291 g/mol. The molecule has 0 aliphatic rings. The standard InChI is InChI=1S/C11H15BrO4/c1-4-7(10(13)15-3)11(2,14)8-5-6-9(12)16-8/h5-7,14H,4H2,1-3H3. The smallest absolute Gasteiger partial charge is 0.312 e. The van der Waals surface area contributed by atoms with Crippen molar-refractivity contribution in [2.75, 3.05) is 7.11 Å². The lowest BCUT2D eigenvalue weighted by molar-refractivity contribution is -0.157. The maximum absolute atomic E-state index is 11.5. The molecule has 1 rings (SSSR count). The van der Waals surface area contributed by atoms with Gasteiger partial charge in [0.15, 0.2) is 4.67 Å². The largest absolute Gasteiger partial charge is 0.469 e. The van der Waals surface area contributed by atoms with E-state index in [2.05, 4.69) is 20.7 Å². The van der Waals surface area contributed by atoms with Gasteiger partial charge in [0, 0.05) is 0 Å². The van der Waals surface area contributed by atoms with Crippen molar-refractivity contribution in [2.24, 2.45) is 5.92 Å². The Labute approximate surface area is 103 Å². The molecule has 1 N–H and O–H groups in total. The van der Waals surface area contributed by atoms with Gasteiger partial charge < -0.3 is 14.3 Å². The highest BCUT2D eigenvalue weighted by molar-refractivity contribution is 9.10. The monoisotopic (exact) mass is 290 g/mol. The van der Waals surface area contributed by atoms with Gasteiger partial charge in [-0.1, -0.05) is 6.92 Å². The van der Waals surface area contributed by atoms with Gasteiger partial charge in [-0.2, -0.15) is 0 Å². The van der Waals surface area contributed by atoms with Gasteiger partial charge in [-0.25, -0.2) is 0 Å². The Hall–Kier alpha value is -0.810. The van der Waals surface area contributed by atoms with Crippen LogP contribution in [0.25, 0.3) is 0 Å². The molecule has 1 aromatic heterocycles. The summed E-state index contributed by atoms with van der Waals surface area (Å²) in [5.41, 5.74) is -1.37. The molecule has 2 unspecified atom stereocenters. The van der Waals surface area contributed by atoms with Crippen molar-refractivity contribution in [1.29, 1.82) is 0 Å². The van der Waals surface area contributed by atoms with E-state index < -0.39 is 17.5 Å². The van der Waals surface area contributed by atoms with Gasteiger partial charge in [-0.15, -0.1) is 0 Å². The Balaban J connectivity index is 3.03. The summed E-state index contributed by atoms with van der Waals surface area (Å²) >= 11 is 3.16. The molecule has 0 aliphatic carbocycles. The Kier molecular flexibility index (Phi) is 4.15. The fourth-order valence-electron chi connectivity index (χ4n) is 1.69. The topological polar surface area (TPSA) is 59.7 Å². The van der Waals surface area contributed by atoms with Gasteiger partial charge in [0.05, 0.1) is 13.0 Å². The van der Waals surface area contributed by atoms with E-state index in [1.54, 1.807) is 19.1 Å². The third-order valence-electron chi connectivity index (χ3n) is 2.64. The van der Waals surface area contributed by atoms with Crippen molar-refractivity contribution >= 4 is 21.9 Å². The second-order valence-corrected chi connectivity index (χ2v) is 4.52. The maximum atomic E-state index is 11.5. The molecule has 2 atom stereocenters. The van der Waals surface area contributed by atoms with E-state index in [1.165, 1.54) is 7.11 Å². The molecule has 90 valence electrons. The van der Waals surface area contributed by atoms with Gasteiger partial charge >= 0.3 is 5.97 Å². The number of methoxy groups -OCH3 is 1. The van der Waals surface area contributed by atoms with Gasteiger partial charge in [-0.3, -0.25) is 4.79 Å². The van der Waals surface area contributed by atoms with Crippen molar-refractivity contribution in [3.05, 3.63) is 22.6 Å². The summed E-state index contributed by atoms with van der Waals surface area (Å²) < 4.78 is 10.5. The van der Waals surface area contributed by atoms with Gasteiger partial charge in [0.2, 0.25) is 0 Å². The van der Waals surface area contributed by atoms with Crippen molar-refractivity contribution < 1.29 is 19.1 Å². The van der Waals surface area contributed by atoms with Crippen LogP contribution < -0.4 is 0 Å². The lowest BCUT2D eigenvalue weighted by Gasteiger charge is -2.28. The summed E-state index contributed by atoms with van der Waals surface area (Å²) in [5.74, 6) is -0.743. The van der Waals surface area contributed by atoms with E-state index in [4.69, 9.17) is 4.42 Å². The Morgan fingerprint density at radius 2 is 2.31 bits per heavy atom. The second-order valence-electron chi connectivity index (χ2n) is 3.74. The number of esters is 1. The molecule has 0 bridgehead atoms. The van der Waals surface area contributed by atoms with Crippen LogP contribution in [0.2, 0.25) is 0 Å². The van der Waals surface area contributed by atoms with Crippen LogP contribution in [0.5, 0.6) is 0 Å². The number of hydrogen-bond acceptors (Lipinski definition) is 4. The molecule has 0 saturated heterocycles. The van der Waals surface area contributed by atoms with Crippen LogP contribution in [0.1, 0.15) is 26.0 Å². The Morgan fingerprint density at radius 3 is 2.69 bits per heavy atom. The molecule has 0 saturated carbocycles. The predicted octanol–water partition coefficient (Wildman–Crippen LogP) is 2.45. The van der Waals surface area contributed by atoms with Gasteiger partial charge in [0.25, 0.3) is 0 Å². The molecule has 0 radical (unpaired) electrons. The minimum Gasteiger partial charge on any atom is -0.469 e. The number of hydrogen-bond donors (Lipinski definition) is 1. The molecule has 4 nitrogen and oxygen atoms in total. The Morgan fingerprint density at radius 1 is 1.69 bits per heavy atom. The first kappa shape index (κ1) is 13.3. The zero-order chi connectivity index (χ0) is 12.3. The summed E-state index contributed by atoms with van der Waals surface area (Å²) in [6, 6.07) is 3.31. The summed E-state index contributed by atoms with van der Waals surface area (Å²) in [4.78, 5) is 11.5. The highest BCUT2D eigenvalue weighted by atomic mass is 79.9. The number of carbonyl (C=O) groups is 1. The molecular weight excluding hydrogens is 276 g/mol. The number of aliphatic hydroxyl groups is 1. The quantitative estimate of drug-likeness (QED) is 0.866. The molecule has 0 spiro atoms. The Bertz CT molecular complexity index is 370. The summed E-state index contributed by atoms with van der Waals surface area (Å²) in [5, 5.41) is 10.3. The maximum Gasteiger partial charge on any atom is 0.312 e. The average Bonchev–Trinajstić information content (AvgIpc) is 2.65. The number of rotatable bonds is 4. The van der Waals surface area contributed by atoms with E-state index in [1.807, 2.05) is 6.92 Å². The van der Waals surface area contributed by atoms with Crippen LogP contribution in [-0.2, 0) is 15.1 Å². The normalized spacial score (nSPS) is 16.6. The molecule has 5 heteroatoms. The first-order valence-electron chi connectivity index (χ1n) is 4.99. The molecule has 0 fully saturated rings. The number of furan rings is 1. The van der Waals surface area contributed by atoms with Crippen molar-refractivity contribution in [3.63, 3.8) is 0 Å². The van der Waals surface area contributed by atoms with Crippen molar-refractivity contribution in [3.8, 4) is 0 Å². The van der Waals surface area contributed by atoms with Crippen LogP contribution in [0.4, 0.5) is 0 Å². The first-order chi connectivity index (χ1) is 7.43. The number of ether oxygens (including phenoxy) is 1. The summed E-state index contributed by atoms with van der Waals surface area (Å²) in [7, 11) is 1.30. The molecule has 0 aliphatic heterocycles. The fourth-order valence-corrected chi connectivity index (χ4v) is 2.00. The lowest BCUT2D eigenvalue weighted by atomic mass is 9.85. The fraction of sp³-hybridized carbons (Fsp3) is 0.545. The minimum absolute atomic E-state index is 0.344. The van der Waals surface area contributed by atoms with E-state index in [-0.39, 0.29) is 0 Å². The summed E-state index contributed by atoms with van der Waals surface area (Å²) in [6.07, 6.45) is 0.470. The van der Waals surface area contributed by atoms with Crippen molar-refractivity contribution in [1.82, 2.24) is 0 Å². The number of halogens is 1. The molecule has 0 aromatic carbocycles. The van der Waals surface area contributed by atoms with E-state index in [9.17, 15) is 9.90 Å². The minimum atomic E-state index is -1.37. The number of carbonyl (C=O) groups excluding carboxylic acids is 1. The van der Waals surface area contributed by atoms with Gasteiger partial charge in [-0.05, 0) is 41.4 Å². The van der Waals surface area contributed by atoms with E-state index >= 15 is 0 Å². The van der Waals surface area contributed by atoms with Crippen LogP contribution in [0.3, 0.4) is 0 Å². The van der Waals surface area contributed by atoms with Crippen LogP contribution in [0.15, 0.2) is 21.2 Å². The van der Waals surface area contributed by atoms with E-state index in [0.29, 0.717) is 16.9 Å².